The predicted molar refractivity (Wildman–Crippen MR) is 147 cm³/mol. The third kappa shape index (κ3) is 4.50. The molecule has 1 unspecified atom stereocenters. The van der Waals surface area contributed by atoms with E-state index in [1.54, 1.807) is 30.3 Å². The number of anilines is 1. The predicted octanol–water partition coefficient (Wildman–Crippen LogP) is 5.88. The number of carbonyl (C=O) groups excluding carboxylic acids is 3. The van der Waals surface area contributed by atoms with Crippen molar-refractivity contribution in [1.82, 2.24) is 4.98 Å². The van der Waals surface area contributed by atoms with Crippen LogP contribution in [0.5, 0.6) is 0 Å². The minimum atomic E-state index is -0.941. The number of carbonyl (C=O) groups is 3. The van der Waals surface area contributed by atoms with Crippen LogP contribution in [0, 0.1) is 13.8 Å². The molecule has 0 saturated carbocycles. The molecule has 4 aromatic rings. The molecule has 1 aliphatic rings. The van der Waals surface area contributed by atoms with Crippen molar-refractivity contribution in [2.75, 3.05) is 12.0 Å². The molecule has 0 saturated heterocycles. The van der Waals surface area contributed by atoms with Crippen LogP contribution in [0.15, 0.2) is 84.1 Å². The van der Waals surface area contributed by atoms with Crippen LogP contribution < -0.4 is 4.90 Å². The summed E-state index contributed by atoms with van der Waals surface area (Å²) < 4.78 is 5.69. The molecule has 0 fully saturated rings. The van der Waals surface area contributed by atoms with Crippen molar-refractivity contribution in [2.24, 2.45) is 0 Å². The maximum absolute atomic E-state index is 13.5. The number of ether oxygens (including phenoxy) is 1. The number of hydrogen-bond acceptors (Lipinski definition) is 7. The molecule has 190 valence electrons. The number of thiazole rings is 1. The highest BCUT2D eigenvalue weighted by molar-refractivity contribution is 7.22. The normalized spacial score (nSPS) is 15.6. The summed E-state index contributed by atoms with van der Waals surface area (Å²) in [5, 5.41) is 11.3. The van der Waals surface area contributed by atoms with E-state index in [4.69, 9.17) is 9.72 Å². The molecule has 1 aliphatic heterocycles. The van der Waals surface area contributed by atoms with Crippen LogP contribution in [0.25, 0.3) is 16.3 Å². The lowest BCUT2D eigenvalue weighted by Crippen LogP contribution is -2.30. The Morgan fingerprint density at radius 3 is 2.45 bits per heavy atom. The summed E-state index contributed by atoms with van der Waals surface area (Å²) in [5.74, 6) is -2.34. The molecule has 5 rings (SSSR count). The number of methoxy groups -OCH3 is 1. The Kier molecular flexibility index (Phi) is 6.65. The molecule has 0 bridgehead atoms. The lowest BCUT2D eigenvalue weighted by Gasteiger charge is -2.24. The summed E-state index contributed by atoms with van der Waals surface area (Å²) in [6, 6.07) is 18.7. The fraction of sp³-hybridized carbons (Fsp3) is 0.133. The molecule has 1 N–H and O–H groups in total. The topological polar surface area (TPSA) is 96.8 Å². The van der Waals surface area contributed by atoms with Crippen molar-refractivity contribution in [3.63, 3.8) is 0 Å². The van der Waals surface area contributed by atoms with Crippen LogP contribution >= 0.6 is 11.3 Å². The zero-order chi connectivity index (χ0) is 27.0. The van der Waals surface area contributed by atoms with Crippen molar-refractivity contribution < 1.29 is 24.2 Å². The maximum Gasteiger partial charge on any atom is 0.337 e. The zero-order valence-corrected chi connectivity index (χ0v) is 21.8. The SMILES string of the molecule is COC(=O)c1ccc(C2C(C(=O)/C=C/c3ccccc3)=C(O)C(=O)N2c2nc3c(C)cc(C)cc3s2)cc1. The van der Waals surface area contributed by atoms with Crippen molar-refractivity contribution >= 4 is 50.4 Å². The van der Waals surface area contributed by atoms with Crippen LogP contribution in [0.1, 0.15) is 38.7 Å². The Hall–Kier alpha value is -4.56. The molecular formula is C30H24N2O5S. The highest BCUT2D eigenvalue weighted by atomic mass is 32.1. The highest BCUT2D eigenvalue weighted by Gasteiger charge is 2.45. The summed E-state index contributed by atoms with van der Waals surface area (Å²) in [7, 11) is 1.29. The number of ketones is 1. The Balaban J connectivity index is 1.62. The van der Waals surface area contributed by atoms with E-state index in [2.05, 4.69) is 0 Å². The van der Waals surface area contributed by atoms with Crippen LogP contribution in [0.2, 0.25) is 0 Å². The average molecular weight is 525 g/mol. The summed E-state index contributed by atoms with van der Waals surface area (Å²) in [4.78, 5) is 45.0. The van der Waals surface area contributed by atoms with Gasteiger partial charge < -0.3 is 9.84 Å². The molecule has 0 radical (unpaired) electrons. The Bertz CT molecular complexity index is 1630. The van der Waals surface area contributed by atoms with E-state index in [0.29, 0.717) is 16.3 Å². The van der Waals surface area contributed by atoms with Gasteiger partial charge in [0, 0.05) is 0 Å². The number of aliphatic hydroxyl groups is 1. The number of amides is 1. The number of aryl methyl sites for hydroxylation is 2. The molecule has 0 spiro atoms. The van der Waals surface area contributed by atoms with Gasteiger partial charge in [-0.2, -0.15) is 0 Å². The van der Waals surface area contributed by atoms with Crippen molar-refractivity contribution in [3.8, 4) is 0 Å². The van der Waals surface area contributed by atoms with Gasteiger partial charge in [-0.3, -0.25) is 14.5 Å². The molecule has 7 nitrogen and oxygen atoms in total. The van der Waals surface area contributed by atoms with Gasteiger partial charge in [0.2, 0.25) is 0 Å². The number of nitrogens with zero attached hydrogens (tertiary/aromatic N) is 2. The molecule has 1 atom stereocenters. The standard InChI is InChI=1S/C30H24N2O5S/c1-17-15-18(2)25-23(16-17)38-30(31-25)32-26(20-10-12-21(13-11-20)29(36)37-3)24(27(34)28(32)35)22(33)14-9-19-7-5-4-6-8-19/h4-16,26,34H,1-3H3/b14-9+. The second kappa shape index (κ2) is 10.1. The molecule has 1 aromatic heterocycles. The summed E-state index contributed by atoms with van der Waals surface area (Å²) in [6.07, 6.45) is 2.98. The molecule has 0 aliphatic carbocycles. The van der Waals surface area contributed by atoms with Gasteiger partial charge in [-0.25, -0.2) is 9.78 Å². The van der Waals surface area contributed by atoms with E-state index in [-0.39, 0.29) is 5.57 Å². The smallest absolute Gasteiger partial charge is 0.337 e. The number of rotatable bonds is 6. The van der Waals surface area contributed by atoms with E-state index in [0.717, 1.165) is 26.9 Å². The molecule has 8 heteroatoms. The molecule has 2 heterocycles. The molecule has 38 heavy (non-hydrogen) atoms. The van der Waals surface area contributed by atoms with Gasteiger partial charge in [0.25, 0.3) is 5.91 Å². The fourth-order valence-electron chi connectivity index (χ4n) is 4.58. The number of esters is 1. The largest absolute Gasteiger partial charge is 0.503 e. The molecule has 1 amide bonds. The van der Waals surface area contributed by atoms with E-state index in [1.165, 1.54) is 29.4 Å². The van der Waals surface area contributed by atoms with E-state index in [9.17, 15) is 19.5 Å². The first kappa shape index (κ1) is 25.1. The number of hydrogen-bond donors (Lipinski definition) is 1. The monoisotopic (exact) mass is 524 g/mol. The lowest BCUT2D eigenvalue weighted by molar-refractivity contribution is -0.117. The number of allylic oxidation sites excluding steroid dienone is 1. The van der Waals surface area contributed by atoms with E-state index in [1.807, 2.05) is 56.3 Å². The van der Waals surface area contributed by atoms with Crippen molar-refractivity contribution in [2.45, 2.75) is 19.9 Å². The zero-order valence-electron chi connectivity index (χ0n) is 21.0. The van der Waals surface area contributed by atoms with Crippen LogP contribution in [-0.4, -0.2) is 34.9 Å². The second-order valence-electron chi connectivity index (χ2n) is 8.99. The van der Waals surface area contributed by atoms with Gasteiger partial charge in [-0.1, -0.05) is 65.9 Å². The summed E-state index contributed by atoms with van der Waals surface area (Å²) >= 11 is 1.32. The Morgan fingerprint density at radius 1 is 1.05 bits per heavy atom. The van der Waals surface area contributed by atoms with Gasteiger partial charge in [-0.15, -0.1) is 0 Å². The average Bonchev–Trinajstić information content (AvgIpc) is 3.46. The Morgan fingerprint density at radius 2 is 1.76 bits per heavy atom. The van der Waals surface area contributed by atoms with Crippen LogP contribution in [0.3, 0.4) is 0 Å². The number of aliphatic hydroxyl groups excluding tert-OH is 1. The minimum Gasteiger partial charge on any atom is -0.503 e. The van der Waals surface area contributed by atoms with Gasteiger partial charge in [0.05, 0.1) is 34.5 Å². The first-order valence-electron chi connectivity index (χ1n) is 11.9. The summed E-state index contributed by atoms with van der Waals surface area (Å²) in [6.45, 7) is 3.94. The van der Waals surface area contributed by atoms with Crippen molar-refractivity contribution in [3.05, 3.63) is 112 Å². The number of aromatic nitrogens is 1. The highest BCUT2D eigenvalue weighted by Crippen LogP contribution is 2.44. The van der Waals surface area contributed by atoms with Gasteiger partial charge in [0.15, 0.2) is 16.7 Å². The fourth-order valence-corrected chi connectivity index (χ4v) is 5.75. The quantitative estimate of drug-likeness (QED) is 0.250. The second-order valence-corrected chi connectivity index (χ2v) is 10.00. The van der Waals surface area contributed by atoms with Crippen molar-refractivity contribution in [1.29, 1.82) is 0 Å². The van der Waals surface area contributed by atoms with E-state index >= 15 is 0 Å². The maximum atomic E-state index is 13.5. The molecular weight excluding hydrogens is 500 g/mol. The first-order valence-corrected chi connectivity index (χ1v) is 12.7. The van der Waals surface area contributed by atoms with Crippen LogP contribution in [-0.2, 0) is 14.3 Å². The summed E-state index contributed by atoms with van der Waals surface area (Å²) in [5.41, 5.74) is 4.40. The van der Waals surface area contributed by atoms with Crippen LogP contribution in [0.4, 0.5) is 5.13 Å². The minimum absolute atomic E-state index is 0.0554. The third-order valence-corrected chi connectivity index (χ3v) is 7.37. The first-order chi connectivity index (χ1) is 18.3. The Labute approximate surface area is 223 Å². The third-order valence-electron chi connectivity index (χ3n) is 6.37. The number of fused-ring (bicyclic) bond motifs is 1. The van der Waals surface area contributed by atoms with Gasteiger partial charge >= 0.3 is 5.97 Å². The number of benzene rings is 3. The lowest BCUT2D eigenvalue weighted by atomic mass is 9.95. The van der Waals surface area contributed by atoms with Gasteiger partial charge in [0.1, 0.15) is 0 Å². The van der Waals surface area contributed by atoms with E-state index < -0.39 is 29.5 Å². The molecule has 3 aromatic carbocycles. The van der Waals surface area contributed by atoms with Gasteiger partial charge in [-0.05, 0) is 60.4 Å².